The van der Waals surface area contributed by atoms with Crippen molar-refractivity contribution in [1.29, 1.82) is 0 Å². The van der Waals surface area contributed by atoms with Crippen LogP contribution in [0.4, 0.5) is 11.4 Å². The maximum Gasteiger partial charge on any atom is 0.0408 e. The summed E-state index contributed by atoms with van der Waals surface area (Å²) in [7, 11) is 4.08. The highest BCUT2D eigenvalue weighted by atomic mass is 15.1. The topological polar surface area (TPSA) is 15.3 Å². The molecule has 0 aliphatic rings. The van der Waals surface area contributed by atoms with Gasteiger partial charge in [0.05, 0.1) is 0 Å². The summed E-state index contributed by atoms with van der Waals surface area (Å²) >= 11 is 0. The van der Waals surface area contributed by atoms with E-state index in [4.69, 9.17) is 0 Å². The van der Waals surface area contributed by atoms with Crippen LogP contribution in [0.15, 0.2) is 48.5 Å². The maximum atomic E-state index is 3.25. The number of hydrogen-bond acceptors (Lipinski definition) is 2. The molecule has 0 heterocycles. The lowest BCUT2D eigenvalue weighted by Gasteiger charge is -2.20. The van der Waals surface area contributed by atoms with E-state index in [-0.39, 0.29) is 0 Å². The van der Waals surface area contributed by atoms with Gasteiger partial charge in [-0.2, -0.15) is 0 Å². The van der Waals surface area contributed by atoms with Gasteiger partial charge in [-0.15, -0.1) is 0 Å². The Kier molecular flexibility index (Phi) is 4.23. The van der Waals surface area contributed by atoms with E-state index in [1.165, 1.54) is 22.5 Å². The minimum Gasteiger partial charge on any atom is -0.345 e. The highest BCUT2D eigenvalue weighted by Crippen LogP contribution is 2.25. The van der Waals surface area contributed by atoms with E-state index in [1.807, 2.05) is 7.05 Å². The molecule has 2 rings (SSSR count). The van der Waals surface area contributed by atoms with Crippen LogP contribution in [0.5, 0.6) is 0 Å². The van der Waals surface area contributed by atoms with Crippen molar-refractivity contribution in [3.63, 3.8) is 0 Å². The Labute approximate surface area is 116 Å². The van der Waals surface area contributed by atoms with Crippen molar-refractivity contribution in [1.82, 2.24) is 5.32 Å². The molecule has 0 spiro atoms. The summed E-state index contributed by atoms with van der Waals surface area (Å²) in [6.07, 6.45) is 0. The number of hydrogen-bond donors (Lipinski definition) is 1. The van der Waals surface area contributed by atoms with Gasteiger partial charge in [-0.1, -0.05) is 29.8 Å². The molecule has 0 saturated heterocycles. The lowest BCUT2D eigenvalue weighted by atomic mass is 10.1. The van der Waals surface area contributed by atoms with Crippen molar-refractivity contribution in [3.05, 3.63) is 59.7 Å². The maximum absolute atomic E-state index is 3.25. The Balaban J connectivity index is 2.19. The molecule has 2 heteroatoms. The van der Waals surface area contributed by atoms with Gasteiger partial charge in [0.2, 0.25) is 0 Å². The van der Waals surface area contributed by atoms with Gasteiger partial charge in [-0.05, 0) is 50.7 Å². The molecule has 0 aliphatic heterocycles. The lowest BCUT2D eigenvalue weighted by molar-refractivity contribution is 0.652. The Morgan fingerprint density at radius 1 is 0.895 bits per heavy atom. The zero-order valence-corrected chi connectivity index (χ0v) is 12.1. The van der Waals surface area contributed by atoms with Crippen LogP contribution in [-0.4, -0.2) is 14.1 Å². The van der Waals surface area contributed by atoms with E-state index >= 15 is 0 Å². The van der Waals surface area contributed by atoms with Crippen molar-refractivity contribution < 1.29 is 0 Å². The minimum atomic E-state index is 0.388. The van der Waals surface area contributed by atoms with Crippen molar-refractivity contribution in [2.75, 3.05) is 19.0 Å². The molecule has 0 radical (unpaired) electrons. The Bertz CT molecular complexity index is 514. The van der Waals surface area contributed by atoms with E-state index in [0.29, 0.717) is 6.04 Å². The van der Waals surface area contributed by atoms with Crippen molar-refractivity contribution >= 4 is 11.4 Å². The molecule has 0 fully saturated rings. The van der Waals surface area contributed by atoms with E-state index in [2.05, 4.69) is 79.6 Å². The highest BCUT2D eigenvalue weighted by Gasteiger charge is 2.06. The van der Waals surface area contributed by atoms with E-state index in [0.717, 1.165) is 0 Å². The second kappa shape index (κ2) is 5.89. The summed E-state index contributed by atoms with van der Waals surface area (Å²) < 4.78 is 0. The second-order valence-corrected chi connectivity index (χ2v) is 5.00. The monoisotopic (exact) mass is 254 g/mol. The fraction of sp³-hybridized carbons (Fsp3) is 0.294. The van der Waals surface area contributed by atoms with Gasteiger partial charge in [0.1, 0.15) is 0 Å². The summed E-state index contributed by atoms with van der Waals surface area (Å²) in [6, 6.07) is 17.7. The van der Waals surface area contributed by atoms with Crippen LogP contribution in [0.25, 0.3) is 0 Å². The van der Waals surface area contributed by atoms with Crippen LogP contribution in [0.1, 0.15) is 24.1 Å². The first kappa shape index (κ1) is 13.6. The largest absolute Gasteiger partial charge is 0.345 e. The first-order valence-electron chi connectivity index (χ1n) is 6.69. The molecular weight excluding hydrogens is 232 g/mol. The first-order chi connectivity index (χ1) is 9.11. The van der Waals surface area contributed by atoms with Crippen LogP contribution in [0.3, 0.4) is 0 Å². The number of benzene rings is 2. The summed E-state index contributed by atoms with van der Waals surface area (Å²) in [6.45, 7) is 4.27. The van der Waals surface area contributed by atoms with Crippen LogP contribution in [0.2, 0.25) is 0 Å². The lowest BCUT2D eigenvalue weighted by Crippen LogP contribution is -2.13. The van der Waals surface area contributed by atoms with Gasteiger partial charge in [-0.25, -0.2) is 0 Å². The highest BCUT2D eigenvalue weighted by molar-refractivity contribution is 5.62. The zero-order valence-electron chi connectivity index (χ0n) is 12.1. The summed E-state index contributed by atoms with van der Waals surface area (Å²) in [5.41, 5.74) is 5.01. The third-order valence-electron chi connectivity index (χ3n) is 3.63. The van der Waals surface area contributed by atoms with Gasteiger partial charge in [-0.3, -0.25) is 0 Å². The van der Waals surface area contributed by atoms with Crippen molar-refractivity contribution in [2.24, 2.45) is 0 Å². The number of nitrogens with one attached hydrogen (secondary N) is 1. The molecule has 2 aromatic carbocycles. The number of nitrogens with zero attached hydrogens (tertiary/aromatic N) is 1. The van der Waals surface area contributed by atoms with Gasteiger partial charge >= 0.3 is 0 Å². The fourth-order valence-corrected chi connectivity index (χ4v) is 2.07. The Hall–Kier alpha value is -1.80. The molecule has 0 amide bonds. The average Bonchev–Trinajstić information content (AvgIpc) is 2.46. The van der Waals surface area contributed by atoms with Gasteiger partial charge in [0.15, 0.2) is 0 Å². The summed E-state index contributed by atoms with van der Waals surface area (Å²) in [5, 5.41) is 3.25. The van der Waals surface area contributed by atoms with Crippen LogP contribution in [0, 0.1) is 6.92 Å². The standard InChI is InChI=1S/C17H22N2/c1-13-5-9-16(10-6-13)19(4)17-11-7-15(8-12-17)14(2)18-3/h5-12,14,18H,1-4H3. The molecule has 0 saturated carbocycles. The minimum absolute atomic E-state index is 0.388. The van der Waals surface area contributed by atoms with E-state index < -0.39 is 0 Å². The van der Waals surface area contributed by atoms with Crippen molar-refractivity contribution in [2.45, 2.75) is 19.9 Å². The number of rotatable bonds is 4. The van der Waals surface area contributed by atoms with E-state index in [1.54, 1.807) is 0 Å². The summed E-state index contributed by atoms with van der Waals surface area (Å²) in [5.74, 6) is 0. The van der Waals surface area contributed by atoms with Crippen molar-refractivity contribution in [3.8, 4) is 0 Å². The Morgan fingerprint density at radius 3 is 1.84 bits per heavy atom. The normalized spacial score (nSPS) is 12.2. The molecule has 0 aromatic heterocycles. The number of aryl methyl sites for hydroxylation is 1. The molecule has 0 bridgehead atoms. The second-order valence-electron chi connectivity index (χ2n) is 5.00. The van der Waals surface area contributed by atoms with Crippen LogP contribution in [-0.2, 0) is 0 Å². The fourth-order valence-electron chi connectivity index (χ4n) is 2.07. The van der Waals surface area contributed by atoms with Gasteiger partial charge in [0, 0.05) is 24.5 Å². The molecule has 1 N–H and O–H groups in total. The molecule has 2 aromatic rings. The van der Waals surface area contributed by atoms with Gasteiger partial charge in [0.25, 0.3) is 0 Å². The molecule has 100 valence electrons. The summed E-state index contributed by atoms with van der Waals surface area (Å²) in [4.78, 5) is 2.20. The number of anilines is 2. The predicted octanol–water partition coefficient (Wildman–Crippen LogP) is 4.04. The quantitative estimate of drug-likeness (QED) is 0.885. The average molecular weight is 254 g/mol. The predicted molar refractivity (Wildman–Crippen MR) is 83.2 cm³/mol. The molecular formula is C17H22N2. The zero-order chi connectivity index (χ0) is 13.8. The third kappa shape index (κ3) is 3.15. The molecule has 19 heavy (non-hydrogen) atoms. The molecule has 1 unspecified atom stereocenters. The molecule has 0 aliphatic carbocycles. The van der Waals surface area contributed by atoms with Gasteiger partial charge < -0.3 is 10.2 Å². The van der Waals surface area contributed by atoms with Crippen LogP contribution >= 0.6 is 0 Å². The SMILES string of the molecule is CNC(C)c1ccc(N(C)c2ccc(C)cc2)cc1. The van der Waals surface area contributed by atoms with E-state index in [9.17, 15) is 0 Å². The Morgan fingerprint density at radius 2 is 1.37 bits per heavy atom. The first-order valence-corrected chi connectivity index (χ1v) is 6.69. The molecule has 2 nitrogen and oxygen atoms in total. The molecule has 1 atom stereocenters. The smallest absolute Gasteiger partial charge is 0.0408 e. The van der Waals surface area contributed by atoms with Crippen LogP contribution < -0.4 is 10.2 Å². The third-order valence-corrected chi connectivity index (χ3v) is 3.63.